The third-order valence-electron chi connectivity index (χ3n) is 4.73. The molecule has 28 heavy (non-hydrogen) atoms. The first-order valence-corrected chi connectivity index (χ1v) is 11.2. The molecule has 1 N–H and O–H groups in total. The summed E-state index contributed by atoms with van der Waals surface area (Å²) in [5.74, 6) is -0.424. The van der Waals surface area contributed by atoms with Gasteiger partial charge >= 0.3 is 12.0 Å². The summed E-state index contributed by atoms with van der Waals surface area (Å²) in [6.07, 6.45) is 5.42. The fraction of sp³-hybridized carbons (Fsp3) is 0.450. The molecule has 1 aliphatic rings. The number of benzene rings is 1. The molecule has 0 bridgehead atoms. The highest BCUT2D eigenvalue weighted by Gasteiger charge is 2.27. The monoisotopic (exact) mass is 465 g/mol. The summed E-state index contributed by atoms with van der Waals surface area (Å²) in [5.41, 5.74) is 1.04. The number of anilines is 1. The van der Waals surface area contributed by atoms with Gasteiger partial charge in [0.15, 0.2) is 5.69 Å². The van der Waals surface area contributed by atoms with Crippen molar-refractivity contribution in [2.75, 3.05) is 11.9 Å². The highest BCUT2D eigenvalue weighted by Crippen LogP contribution is 2.27. The quantitative estimate of drug-likeness (QED) is 0.575. The Hall–Kier alpha value is -1.93. The van der Waals surface area contributed by atoms with Gasteiger partial charge in [0.2, 0.25) is 0 Å². The molecule has 8 heteroatoms. The molecule has 3 rings (SSSR count). The van der Waals surface area contributed by atoms with Gasteiger partial charge in [0.05, 0.1) is 18.8 Å². The van der Waals surface area contributed by atoms with E-state index in [1.165, 1.54) is 17.8 Å². The van der Waals surface area contributed by atoms with Crippen LogP contribution in [0.3, 0.4) is 0 Å². The molecule has 0 aliphatic heterocycles. The summed E-state index contributed by atoms with van der Waals surface area (Å²) < 4.78 is 5.85. The molecule has 1 aliphatic carbocycles. The van der Waals surface area contributed by atoms with Gasteiger partial charge in [-0.05, 0) is 47.8 Å². The van der Waals surface area contributed by atoms with E-state index in [2.05, 4.69) is 26.2 Å². The highest BCUT2D eigenvalue weighted by molar-refractivity contribution is 9.10. The number of aromatic nitrogens is 1. The number of esters is 1. The van der Waals surface area contributed by atoms with Crippen LogP contribution in [0.2, 0.25) is 0 Å². The molecule has 0 saturated heterocycles. The van der Waals surface area contributed by atoms with E-state index < -0.39 is 5.97 Å². The maximum Gasteiger partial charge on any atom is 0.357 e. The van der Waals surface area contributed by atoms with E-state index in [9.17, 15) is 9.59 Å². The molecule has 0 radical (unpaired) electrons. The van der Waals surface area contributed by atoms with Crippen molar-refractivity contribution >= 4 is 45.0 Å². The van der Waals surface area contributed by atoms with Crippen LogP contribution in [0.4, 0.5) is 10.5 Å². The van der Waals surface area contributed by atoms with E-state index >= 15 is 0 Å². The normalized spacial score (nSPS) is 14.5. The van der Waals surface area contributed by atoms with Gasteiger partial charge in [-0.2, -0.15) is 0 Å². The van der Waals surface area contributed by atoms with Crippen LogP contribution in [-0.4, -0.2) is 34.5 Å². The second kappa shape index (κ2) is 10.0. The minimum atomic E-state index is -0.424. The van der Waals surface area contributed by atoms with Crippen molar-refractivity contribution in [1.29, 1.82) is 0 Å². The number of carbonyl (C=O) groups excluding carboxylic acids is 2. The Labute approximate surface area is 177 Å². The van der Waals surface area contributed by atoms with Crippen LogP contribution >= 0.6 is 27.3 Å². The number of ether oxygens (including phenoxy) is 1. The predicted octanol–water partition coefficient (Wildman–Crippen LogP) is 5.45. The summed E-state index contributed by atoms with van der Waals surface area (Å²) in [4.78, 5) is 31.2. The zero-order chi connectivity index (χ0) is 19.9. The lowest BCUT2D eigenvalue weighted by atomic mass is 9.94. The van der Waals surface area contributed by atoms with Gasteiger partial charge in [-0.25, -0.2) is 14.6 Å². The Kier molecular flexibility index (Phi) is 7.44. The summed E-state index contributed by atoms with van der Waals surface area (Å²) in [7, 11) is 0. The maximum absolute atomic E-state index is 13.1. The van der Waals surface area contributed by atoms with Crippen LogP contribution in [0.1, 0.15) is 54.5 Å². The summed E-state index contributed by atoms with van der Waals surface area (Å²) in [5, 5.41) is 5.43. The van der Waals surface area contributed by atoms with Crippen molar-refractivity contribution in [1.82, 2.24) is 9.88 Å². The van der Waals surface area contributed by atoms with E-state index in [0.29, 0.717) is 18.8 Å². The Bertz CT molecular complexity index is 821. The van der Waals surface area contributed by atoms with Crippen LogP contribution in [-0.2, 0) is 11.3 Å². The number of halogens is 1. The lowest BCUT2D eigenvalue weighted by Gasteiger charge is -2.34. The van der Waals surface area contributed by atoms with Gasteiger partial charge in [-0.1, -0.05) is 31.4 Å². The third kappa shape index (κ3) is 5.32. The molecular weight excluding hydrogens is 442 g/mol. The number of nitrogens with one attached hydrogen (secondary N) is 1. The van der Waals surface area contributed by atoms with E-state index in [-0.39, 0.29) is 12.1 Å². The van der Waals surface area contributed by atoms with Crippen LogP contribution in [0, 0.1) is 0 Å². The number of nitrogens with zero attached hydrogens (tertiary/aromatic N) is 2. The first-order chi connectivity index (χ1) is 13.6. The molecule has 1 saturated carbocycles. The number of urea groups is 1. The van der Waals surface area contributed by atoms with Crippen molar-refractivity contribution in [2.24, 2.45) is 0 Å². The number of rotatable bonds is 6. The average Bonchev–Trinajstić information content (AvgIpc) is 3.17. The molecule has 2 amide bonds. The van der Waals surface area contributed by atoms with Crippen LogP contribution in [0.25, 0.3) is 0 Å². The Balaban J connectivity index is 1.76. The first kappa shape index (κ1) is 20.8. The van der Waals surface area contributed by atoms with Crippen LogP contribution in [0.15, 0.2) is 34.1 Å². The molecule has 2 aromatic rings. The number of amides is 2. The standard InChI is InChI=1S/C20H24BrN3O3S/c1-2-27-19(25)17-13-28-18(22-17)12-24(14-8-4-3-5-9-14)20(26)23-16-11-7-6-10-15(16)21/h6-7,10-11,13-14H,2-5,8-9,12H2,1H3,(H,23,26). The van der Waals surface area contributed by atoms with Crippen molar-refractivity contribution in [3.05, 3.63) is 44.8 Å². The SMILES string of the molecule is CCOC(=O)c1csc(CN(C(=O)Nc2ccccc2Br)C2CCCCC2)n1. The molecule has 0 unspecified atom stereocenters. The summed E-state index contributed by atoms with van der Waals surface area (Å²) in [6.45, 7) is 2.46. The molecule has 0 atom stereocenters. The lowest BCUT2D eigenvalue weighted by molar-refractivity contribution is 0.0520. The number of hydrogen-bond donors (Lipinski definition) is 1. The van der Waals surface area contributed by atoms with Gasteiger partial charge in [-0.3, -0.25) is 0 Å². The molecule has 150 valence electrons. The van der Waals surface area contributed by atoms with Gasteiger partial charge in [-0.15, -0.1) is 11.3 Å². The molecule has 1 heterocycles. The summed E-state index contributed by atoms with van der Waals surface area (Å²) >= 11 is 4.86. The van der Waals surface area contributed by atoms with E-state index in [1.807, 2.05) is 29.2 Å². The van der Waals surface area contributed by atoms with Crippen molar-refractivity contribution in [3.63, 3.8) is 0 Å². The largest absolute Gasteiger partial charge is 0.461 e. The number of thiazole rings is 1. The Morgan fingerprint density at radius 2 is 2.04 bits per heavy atom. The second-order valence-corrected chi connectivity index (χ2v) is 8.47. The predicted molar refractivity (Wildman–Crippen MR) is 114 cm³/mol. The smallest absolute Gasteiger partial charge is 0.357 e. The molecular formula is C20H24BrN3O3S. The minimum Gasteiger partial charge on any atom is -0.461 e. The highest BCUT2D eigenvalue weighted by atomic mass is 79.9. The molecule has 1 fully saturated rings. The lowest BCUT2D eigenvalue weighted by Crippen LogP contribution is -2.43. The maximum atomic E-state index is 13.1. The number of carbonyl (C=O) groups is 2. The fourth-order valence-electron chi connectivity index (χ4n) is 3.34. The fourth-order valence-corrected chi connectivity index (χ4v) is 4.48. The molecule has 1 aromatic carbocycles. The average molecular weight is 466 g/mol. The molecule has 0 spiro atoms. The van der Waals surface area contributed by atoms with Gasteiger partial charge in [0.25, 0.3) is 0 Å². The van der Waals surface area contributed by atoms with Crippen molar-refractivity contribution < 1.29 is 14.3 Å². The van der Waals surface area contributed by atoms with Crippen LogP contribution < -0.4 is 5.32 Å². The van der Waals surface area contributed by atoms with Gasteiger partial charge in [0.1, 0.15) is 5.01 Å². The molecule has 6 nitrogen and oxygen atoms in total. The topological polar surface area (TPSA) is 71.5 Å². The minimum absolute atomic E-state index is 0.147. The van der Waals surface area contributed by atoms with E-state index in [4.69, 9.17) is 4.74 Å². The van der Waals surface area contributed by atoms with E-state index in [0.717, 1.165) is 40.9 Å². The Morgan fingerprint density at radius 3 is 2.75 bits per heavy atom. The van der Waals surface area contributed by atoms with Crippen molar-refractivity contribution in [3.8, 4) is 0 Å². The Morgan fingerprint density at radius 1 is 1.29 bits per heavy atom. The summed E-state index contributed by atoms with van der Waals surface area (Å²) in [6, 6.07) is 7.58. The zero-order valence-corrected chi connectivity index (χ0v) is 18.2. The first-order valence-electron chi connectivity index (χ1n) is 9.52. The van der Waals surface area contributed by atoms with E-state index in [1.54, 1.807) is 12.3 Å². The second-order valence-electron chi connectivity index (χ2n) is 6.68. The third-order valence-corrected chi connectivity index (χ3v) is 6.26. The van der Waals surface area contributed by atoms with Gasteiger partial charge < -0.3 is 15.0 Å². The number of para-hydroxylation sites is 1. The van der Waals surface area contributed by atoms with Gasteiger partial charge in [0, 0.05) is 15.9 Å². The zero-order valence-electron chi connectivity index (χ0n) is 15.8. The van der Waals surface area contributed by atoms with Crippen LogP contribution in [0.5, 0.6) is 0 Å². The molecule has 1 aromatic heterocycles. The number of hydrogen-bond acceptors (Lipinski definition) is 5. The van der Waals surface area contributed by atoms with Crippen molar-refractivity contribution in [2.45, 2.75) is 51.6 Å².